The van der Waals surface area contributed by atoms with E-state index < -0.39 is 17.6 Å². The minimum Gasteiger partial charge on any atom is -0.459 e. The van der Waals surface area contributed by atoms with E-state index in [-0.39, 0.29) is 11.6 Å². The molecular formula is C9H16N2O3S. The first-order valence-corrected chi connectivity index (χ1v) is 4.80. The molecule has 0 aromatic carbocycles. The normalized spacial score (nSPS) is 10.4. The highest BCUT2D eigenvalue weighted by Gasteiger charge is 2.16. The monoisotopic (exact) mass is 232 g/mol. The summed E-state index contributed by atoms with van der Waals surface area (Å²) in [5.74, 6) is -0.498. The fourth-order valence-electron chi connectivity index (χ4n) is 0.705. The average Bonchev–Trinajstić information content (AvgIpc) is 1.96. The molecule has 6 heteroatoms. The van der Waals surface area contributed by atoms with Gasteiger partial charge in [-0.05, 0) is 20.8 Å². The van der Waals surface area contributed by atoms with Crippen LogP contribution in [-0.2, 0) is 9.53 Å². The van der Waals surface area contributed by atoms with Crippen molar-refractivity contribution in [3.05, 3.63) is 11.6 Å². The van der Waals surface area contributed by atoms with Crippen LogP contribution in [0.15, 0.2) is 11.6 Å². The molecule has 0 unspecified atom stereocenters. The van der Waals surface area contributed by atoms with Crippen LogP contribution in [-0.4, -0.2) is 24.1 Å². The molecule has 0 saturated heterocycles. The first-order valence-electron chi connectivity index (χ1n) is 4.35. The number of hydrogen-bond acceptors (Lipinski definition) is 4. The van der Waals surface area contributed by atoms with Crippen LogP contribution < -0.4 is 10.6 Å². The second-order valence-corrected chi connectivity index (χ2v) is 4.38. The Morgan fingerprint density at radius 1 is 1.40 bits per heavy atom. The predicted molar refractivity (Wildman–Crippen MR) is 60.5 cm³/mol. The van der Waals surface area contributed by atoms with E-state index in [1.807, 2.05) is 0 Å². The predicted octanol–water partition coefficient (Wildman–Crippen LogP) is 1.03. The lowest BCUT2D eigenvalue weighted by Crippen LogP contribution is -2.39. The van der Waals surface area contributed by atoms with E-state index in [4.69, 9.17) is 4.74 Å². The Kier molecular flexibility index (Phi) is 5.21. The third-order valence-electron chi connectivity index (χ3n) is 1.07. The lowest BCUT2D eigenvalue weighted by molar-refractivity contribution is -0.153. The largest absolute Gasteiger partial charge is 0.459 e. The van der Waals surface area contributed by atoms with E-state index in [9.17, 15) is 9.59 Å². The fourth-order valence-corrected chi connectivity index (χ4v) is 0.807. The summed E-state index contributed by atoms with van der Waals surface area (Å²) in [6, 6.07) is -0.541. The van der Waals surface area contributed by atoms with Crippen LogP contribution in [0.4, 0.5) is 4.79 Å². The van der Waals surface area contributed by atoms with Gasteiger partial charge in [0.1, 0.15) is 12.1 Å². The maximum absolute atomic E-state index is 11.1. The van der Waals surface area contributed by atoms with E-state index in [1.54, 1.807) is 20.8 Å². The average molecular weight is 232 g/mol. The molecule has 2 N–H and O–H groups in total. The number of carbonyl (C=O) groups excluding carboxylic acids is 2. The molecule has 0 radical (unpaired) electrons. The number of urea groups is 1. The molecule has 86 valence electrons. The number of esters is 1. The van der Waals surface area contributed by atoms with Crippen molar-refractivity contribution in [3.8, 4) is 0 Å². The maximum Gasteiger partial charge on any atom is 0.325 e. The highest BCUT2D eigenvalue weighted by Crippen LogP contribution is 2.06. The molecule has 0 bridgehead atoms. The third kappa shape index (κ3) is 9.14. The van der Waals surface area contributed by atoms with Crippen LogP contribution in [0, 0.1) is 0 Å². The van der Waals surface area contributed by atoms with E-state index in [0.29, 0.717) is 0 Å². The Hall–Kier alpha value is -1.17. The molecule has 0 aliphatic heterocycles. The van der Waals surface area contributed by atoms with Crippen molar-refractivity contribution < 1.29 is 14.3 Å². The number of rotatable bonds is 3. The lowest BCUT2D eigenvalue weighted by Gasteiger charge is -2.19. The van der Waals surface area contributed by atoms with Crippen molar-refractivity contribution in [3.63, 3.8) is 0 Å². The van der Waals surface area contributed by atoms with Gasteiger partial charge in [-0.25, -0.2) is 4.79 Å². The quantitative estimate of drug-likeness (QED) is 0.503. The molecule has 0 aliphatic carbocycles. The fraction of sp³-hybridized carbons (Fsp3) is 0.556. The van der Waals surface area contributed by atoms with Gasteiger partial charge in [0.25, 0.3) is 0 Å². The van der Waals surface area contributed by atoms with E-state index in [2.05, 4.69) is 29.8 Å². The smallest absolute Gasteiger partial charge is 0.325 e. The Morgan fingerprint density at radius 3 is 2.33 bits per heavy atom. The van der Waals surface area contributed by atoms with E-state index >= 15 is 0 Å². The highest BCUT2D eigenvalue weighted by atomic mass is 32.1. The topological polar surface area (TPSA) is 67.4 Å². The van der Waals surface area contributed by atoms with Gasteiger partial charge in [-0.1, -0.05) is 6.58 Å². The Bertz CT molecular complexity index is 271. The van der Waals surface area contributed by atoms with Crippen LogP contribution >= 0.6 is 12.6 Å². The Morgan fingerprint density at radius 2 is 1.93 bits per heavy atom. The standard InChI is InChI=1S/C9H16N2O3S/c1-6(15)11-8(13)10-5-7(12)14-9(2,3)4/h15H,1,5H2,2-4H3,(H2,10,11,13). The molecule has 0 fully saturated rings. The summed E-state index contributed by atoms with van der Waals surface area (Å²) >= 11 is 3.77. The number of carbonyl (C=O) groups is 2. The molecular weight excluding hydrogens is 216 g/mol. The highest BCUT2D eigenvalue weighted by molar-refractivity contribution is 7.84. The van der Waals surface area contributed by atoms with Crippen molar-refractivity contribution in [1.29, 1.82) is 0 Å². The molecule has 5 nitrogen and oxygen atoms in total. The number of thiol groups is 1. The van der Waals surface area contributed by atoms with Gasteiger partial charge in [0.15, 0.2) is 0 Å². The molecule has 0 spiro atoms. The van der Waals surface area contributed by atoms with Crippen LogP contribution in [0.2, 0.25) is 0 Å². The van der Waals surface area contributed by atoms with E-state index in [1.165, 1.54) is 0 Å². The van der Waals surface area contributed by atoms with Crippen molar-refractivity contribution in [2.75, 3.05) is 6.54 Å². The summed E-state index contributed by atoms with van der Waals surface area (Å²) in [7, 11) is 0. The molecule has 0 aromatic rings. The summed E-state index contributed by atoms with van der Waals surface area (Å²) in [4.78, 5) is 22.1. The maximum atomic E-state index is 11.1. The first kappa shape index (κ1) is 13.8. The zero-order valence-electron chi connectivity index (χ0n) is 9.09. The summed E-state index contributed by atoms with van der Waals surface area (Å²) in [5, 5.41) is 4.78. The number of ether oxygens (including phenoxy) is 1. The van der Waals surface area contributed by atoms with Crippen LogP contribution in [0.25, 0.3) is 0 Å². The van der Waals surface area contributed by atoms with Gasteiger partial charge < -0.3 is 15.4 Å². The van der Waals surface area contributed by atoms with Gasteiger partial charge in [0.05, 0.1) is 5.03 Å². The first-order chi connectivity index (χ1) is 6.70. The van der Waals surface area contributed by atoms with Crippen molar-refractivity contribution in [1.82, 2.24) is 10.6 Å². The molecule has 0 saturated carbocycles. The summed E-state index contributed by atoms with van der Waals surface area (Å²) in [6.07, 6.45) is 0. The van der Waals surface area contributed by atoms with E-state index in [0.717, 1.165) is 0 Å². The zero-order chi connectivity index (χ0) is 12.1. The summed E-state index contributed by atoms with van der Waals surface area (Å²) in [6.45, 7) is 8.42. The molecule has 0 rings (SSSR count). The SMILES string of the molecule is C=C(S)NC(=O)NCC(=O)OC(C)(C)C. The molecule has 2 amide bonds. The van der Waals surface area contributed by atoms with Gasteiger partial charge in [0.2, 0.25) is 0 Å². The van der Waals surface area contributed by atoms with Crippen molar-refractivity contribution >= 4 is 24.6 Å². The van der Waals surface area contributed by atoms with Gasteiger partial charge >= 0.3 is 12.0 Å². The molecule has 15 heavy (non-hydrogen) atoms. The van der Waals surface area contributed by atoms with Gasteiger partial charge in [-0.2, -0.15) is 0 Å². The van der Waals surface area contributed by atoms with Gasteiger partial charge in [-0.15, -0.1) is 12.6 Å². The Labute approximate surface area is 94.7 Å². The van der Waals surface area contributed by atoms with Crippen molar-refractivity contribution in [2.45, 2.75) is 26.4 Å². The molecule has 0 heterocycles. The molecule has 0 atom stereocenters. The van der Waals surface area contributed by atoms with Crippen LogP contribution in [0.5, 0.6) is 0 Å². The summed E-state index contributed by atoms with van der Waals surface area (Å²) in [5.41, 5.74) is -0.553. The Balaban J connectivity index is 3.82. The summed E-state index contributed by atoms with van der Waals surface area (Å²) < 4.78 is 4.97. The third-order valence-corrected chi connectivity index (χ3v) is 1.18. The minimum absolute atomic E-state index is 0.190. The van der Waals surface area contributed by atoms with Crippen LogP contribution in [0.1, 0.15) is 20.8 Å². The lowest BCUT2D eigenvalue weighted by atomic mass is 10.2. The minimum atomic E-state index is -0.553. The number of hydrogen-bond donors (Lipinski definition) is 3. The molecule has 0 aliphatic rings. The second kappa shape index (κ2) is 5.65. The number of nitrogens with one attached hydrogen (secondary N) is 2. The van der Waals surface area contributed by atoms with Gasteiger partial charge in [-0.3, -0.25) is 4.79 Å². The number of amides is 2. The zero-order valence-corrected chi connectivity index (χ0v) is 9.98. The van der Waals surface area contributed by atoms with Gasteiger partial charge in [0, 0.05) is 0 Å². The second-order valence-electron chi connectivity index (χ2n) is 3.84. The van der Waals surface area contributed by atoms with Crippen LogP contribution in [0.3, 0.4) is 0 Å². The van der Waals surface area contributed by atoms with Crippen molar-refractivity contribution in [2.24, 2.45) is 0 Å². The molecule has 0 aromatic heterocycles.